The maximum Gasteiger partial charge on any atom is 0.131 e. The highest BCUT2D eigenvalue weighted by Gasteiger charge is 2.10. The molecule has 1 rings (SSSR count). The average molecular weight is 279 g/mol. The zero-order valence-corrected chi connectivity index (χ0v) is 13.8. The van der Waals surface area contributed by atoms with E-state index in [2.05, 4.69) is 56.0 Å². The predicted molar refractivity (Wildman–Crippen MR) is 85.3 cm³/mol. The largest absolute Gasteiger partial charge is 0.380 e. The Morgan fingerprint density at radius 2 is 2.05 bits per heavy atom. The van der Waals surface area contributed by atoms with Gasteiger partial charge in [-0.25, -0.2) is 4.98 Å². The summed E-state index contributed by atoms with van der Waals surface area (Å²) in [6, 6.07) is 2.21. The van der Waals surface area contributed by atoms with Crippen molar-refractivity contribution in [1.29, 1.82) is 0 Å². The molecule has 4 heteroatoms. The van der Waals surface area contributed by atoms with Gasteiger partial charge in [0, 0.05) is 38.5 Å². The van der Waals surface area contributed by atoms with Crippen LogP contribution in [0.3, 0.4) is 0 Å². The lowest BCUT2D eigenvalue weighted by Crippen LogP contribution is -2.35. The number of anilines is 1. The van der Waals surface area contributed by atoms with Gasteiger partial charge in [-0.2, -0.15) is 0 Å². The van der Waals surface area contributed by atoms with Gasteiger partial charge in [-0.15, -0.1) is 0 Å². The summed E-state index contributed by atoms with van der Waals surface area (Å²) >= 11 is 0. The minimum atomic E-state index is 0.126. The number of likely N-dealkylation sites (N-methyl/N-ethyl adjacent to an activating group) is 1. The number of nitrogens with zero attached hydrogens (tertiary/aromatic N) is 2. The van der Waals surface area contributed by atoms with Gasteiger partial charge < -0.3 is 15.0 Å². The number of aromatic nitrogens is 1. The Morgan fingerprint density at radius 3 is 2.60 bits per heavy atom. The smallest absolute Gasteiger partial charge is 0.131 e. The molecular formula is C16H29N3O. The number of aryl methyl sites for hydroxylation is 1. The van der Waals surface area contributed by atoms with Gasteiger partial charge in [0.2, 0.25) is 0 Å². The second kappa shape index (κ2) is 7.60. The third-order valence-electron chi connectivity index (χ3n) is 3.07. The standard InChI is InChI=1S/C16H29N3O/c1-7-20-9-8-19(6)15-13(2)10-14(11-17-15)12-18-16(3,4)5/h10-11,18H,7-9,12H2,1-6H3. The topological polar surface area (TPSA) is 37.4 Å². The second-order valence-electron chi connectivity index (χ2n) is 6.21. The summed E-state index contributed by atoms with van der Waals surface area (Å²) in [4.78, 5) is 6.73. The van der Waals surface area contributed by atoms with Crippen molar-refractivity contribution < 1.29 is 4.74 Å². The van der Waals surface area contributed by atoms with Crippen molar-refractivity contribution >= 4 is 5.82 Å². The number of hydrogen-bond donors (Lipinski definition) is 1. The van der Waals surface area contributed by atoms with Gasteiger partial charge in [-0.3, -0.25) is 0 Å². The Hall–Kier alpha value is -1.13. The van der Waals surface area contributed by atoms with Crippen molar-refractivity contribution in [3.8, 4) is 0 Å². The molecule has 1 heterocycles. The molecule has 114 valence electrons. The minimum Gasteiger partial charge on any atom is -0.380 e. The van der Waals surface area contributed by atoms with Crippen molar-refractivity contribution in [1.82, 2.24) is 10.3 Å². The van der Waals surface area contributed by atoms with Crippen LogP contribution in [0.1, 0.15) is 38.8 Å². The molecule has 0 fully saturated rings. The van der Waals surface area contributed by atoms with Gasteiger partial charge >= 0.3 is 0 Å². The fraction of sp³-hybridized carbons (Fsp3) is 0.688. The van der Waals surface area contributed by atoms with Crippen molar-refractivity contribution in [2.45, 2.75) is 46.7 Å². The predicted octanol–water partition coefficient (Wildman–Crippen LogP) is 2.75. The highest BCUT2D eigenvalue weighted by atomic mass is 16.5. The molecular weight excluding hydrogens is 250 g/mol. The molecule has 0 aliphatic heterocycles. The van der Waals surface area contributed by atoms with E-state index >= 15 is 0 Å². The first kappa shape index (κ1) is 16.9. The quantitative estimate of drug-likeness (QED) is 0.779. The Kier molecular flexibility index (Phi) is 6.43. The molecule has 0 radical (unpaired) electrons. The van der Waals surface area contributed by atoms with Crippen LogP contribution in [0.5, 0.6) is 0 Å². The van der Waals surface area contributed by atoms with Crippen LogP contribution in [0, 0.1) is 6.92 Å². The Labute approximate surface area is 123 Å². The van der Waals surface area contributed by atoms with Crippen LogP contribution in [0.2, 0.25) is 0 Å². The number of hydrogen-bond acceptors (Lipinski definition) is 4. The molecule has 1 aromatic rings. The Bertz CT molecular complexity index is 413. The summed E-state index contributed by atoms with van der Waals surface area (Å²) in [5.74, 6) is 1.03. The summed E-state index contributed by atoms with van der Waals surface area (Å²) in [6.07, 6.45) is 1.96. The van der Waals surface area contributed by atoms with E-state index in [4.69, 9.17) is 4.74 Å². The molecule has 1 aromatic heterocycles. The zero-order chi connectivity index (χ0) is 15.2. The number of nitrogens with one attached hydrogen (secondary N) is 1. The lowest BCUT2D eigenvalue weighted by molar-refractivity contribution is 0.154. The van der Waals surface area contributed by atoms with Gasteiger partial charge in [0.05, 0.1) is 6.61 Å². The molecule has 20 heavy (non-hydrogen) atoms. The van der Waals surface area contributed by atoms with E-state index in [-0.39, 0.29) is 5.54 Å². The van der Waals surface area contributed by atoms with Crippen LogP contribution in [-0.4, -0.2) is 37.3 Å². The van der Waals surface area contributed by atoms with E-state index in [1.807, 2.05) is 13.1 Å². The summed E-state index contributed by atoms with van der Waals surface area (Å²) in [6.45, 7) is 13.8. The lowest BCUT2D eigenvalue weighted by atomic mass is 10.1. The maximum absolute atomic E-state index is 5.39. The summed E-state index contributed by atoms with van der Waals surface area (Å²) in [7, 11) is 2.06. The molecule has 0 spiro atoms. The van der Waals surface area contributed by atoms with E-state index < -0.39 is 0 Å². The van der Waals surface area contributed by atoms with Gasteiger partial charge in [0.1, 0.15) is 5.82 Å². The first-order valence-electron chi connectivity index (χ1n) is 7.33. The van der Waals surface area contributed by atoms with Crippen LogP contribution in [0.4, 0.5) is 5.82 Å². The first-order valence-corrected chi connectivity index (χ1v) is 7.33. The second-order valence-corrected chi connectivity index (χ2v) is 6.21. The van der Waals surface area contributed by atoms with E-state index in [0.29, 0.717) is 0 Å². The van der Waals surface area contributed by atoms with E-state index in [9.17, 15) is 0 Å². The molecule has 0 bridgehead atoms. The lowest BCUT2D eigenvalue weighted by Gasteiger charge is -2.22. The molecule has 0 saturated heterocycles. The van der Waals surface area contributed by atoms with Gasteiger partial charge in [0.25, 0.3) is 0 Å². The van der Waals surface area contributed by atoms with E-state index in [0.717, 1.165) is 32.1 Å². The van der Waals surface area contributed by atoms with Crippen molar-refractivity contribution in [2.24, 2.45) is 0 Å². The Balaban J connectivity index is 2.63. The molecule has 0 saturated carbocycles. The number of pyridine rings is 1. The minimum absolute atomic E-state index is 0.126. The van der Waals surface area contributed by atoms with Crippen LogP contribution < -0.4 is 10.2 Å². The third-order valence-corrected chi connectivity index (χ3v) is 3.07. The van der Waals surface area contributed by atoms with Gasteiger partial charge in [0.15, 0.2) is 0 Å². The van der Waals surface area contributed by atoms with Crippen molar-refractivity contribution in [3.63, 3.8) is 0 Å². The van der Waals surface area contributed by atoms with Crippen molar-refractivity contribution in [3.05, 3.63) is 23.4 Å². The maximum atomic E-state index is 5.39. The fourth-order valence-corrected chi connectivity index (χ4v) is 1.94. The molecule has 1 N–H and O–H groups in total. The number of ether oxygens (including phenoxy) is 1. The molecule has 0 amide bonds. The molecule has 4 nitrogen and oxygen atoms in total. The number of rotatable bonds is 7. The van der Waals surface area contributed by atoms with Crippen LogP contribution in [0.15, 0.2) is 12.3 Å². The van der Waals surface area contributed by atoms with Crippen LogP contribution in [0.25, 0.3) is 0 Å². The monoisotopic (exact) mass is 279 g/mol. The normalized spacial score (nSPS) is 11.7. The summed E-state index contributed by atoms with van der Waals surface area (Å²) in [5, 5.41) is 3.48. The first-order chi connectivity index (χ1) is 9.33. The van der Waals surface area contributed by atoms with Gasteiger partial charge in [-0.1, -0.05) is 0 Å². The average Bonchev–Trinajstić information content (AvgIpc) is 2.35. The van der Waals surface area contributed by atoms with Crippen LogP contribution >= 0.6 is 0 Å². The van der Waals surface area contributed by atoms with Crippen LogP contribution in [-0.2, 0) is 11.3 Å². The Morgan fingerprint density at radius 1 is 1.35 bits per heavy atom. The third kappa shape index (κ3) is 5.88. The van der Waals surface area contributed by atoms with Gasteiger partial charge in [-0.05, 0) is 51.8 Å². The summed E-state index contributed by atoms with van der Waals surface area (Å²) < 4.78 is 5.39. The summed E-state index contributed by atoms with van der Waals surface area (Å²) in [5.41, 5.74) is 2.55. The zero-order valence-electron chi connectivity index (χ0n) is 13.8. The molecule has 0 unspecified atom stereocenters. The molecule has 0 atom stereocenters. The molecule has 0 aromatic carbocycles. The highest BCUT2D eigenvalue weighted by Crippen LogP contribution is 2.17. The van der Waals surface area contributed by atoms with Crippen molar-refractivity contribution in [2.75, 3.05) is 31.7 Å². The molecule has 0 aliphatic carbocycles. The SMILES string of the molecule is CCOCCN(C)c1ncc(CNC(C)(C)C)cc1C. The molecule has 0 aliphatic rings. The fourth-order valence-electron chi connectivity index (χ4n) is 1.94. The highest BCUT2D eigenvalue weighted by molar-refractivity contribution is 5.46. The van der Waals surface area contributed by atoms with E-state index in [1.165, 1.54) is 11.1 Å². The van der Waals surface area contributed by atoms with E-state index in [1.54, 1.807) is 0 Å².